The van der Waals surface area contributed by atoms with Gasteiger partial charge in [-0.25, -0.2) is 0 Å². The first-order valence-corrected chi connectivity index (χ1v) is 6.69. The van der Waals surface area contributed by atoms with Crippen LogP contribution in [-0.4, -0.2) is 35.7 Å². The van der Waals surface area contributed by atoms with E-state index >= 15 is 0 Å². The van der Waals surface area contributed by atoms with Gasteiger partial charge in [-0.1, -0.05) is 12.1 Å². The lowest BCUT2D eigenvalue weighted by atomic mass is 9.95. The number of aliphatic hydroxyl groups excluding tert-OH is 1. The molecule has 0 bridgehead atoms. The van der Waals surface area contributed by atoms with Crippen molar-refractivity contribution in [3.05, 3.63) is 28.7 Å². The normalized spacial score (nSPS) is 22.8. The van der Waals surface area contributed by atoms with Crippen LogP contribution in [0.4, 0.5) is 5.69 Å². The Morgan fingerprint density at radius 1 is 1.50 bits per heavy atom. The van der Waals surface area contributed by atoms with Crippen LogP contribution in [0, 0.1) is 0 Å². The molecule has 2 rings (SSSR count). The number of para-hydroxylation sites is 1. The summed E-state index contributed by atoms with van der Waals surface area (Å²) in [7, 11) is 0. The molecule has 0 aliphatic carbocycles. The Hall–Kier alpha value is -1.07. The largest absolute Gasteiger partial charge is 0.394 e. The monoisotopic (exact) mass is 312 g/mol. The molecule has 18 heavy (non-hydrogen) atoms. The number of hydrogen-bond acceptors (Lipinski definition) is 3. The molecule has 1 aliphatic rings. The van der Waals surface area contributed by atoms with Crippen LogP contribution >= 0.6 is 15.9 Å². The Morgan fingerprint density at radius 3 is 2.78 bits per heavy atom. The molecule has 1 atom stereocenters. The van der Waals surface area contributed by atoms with Crippen molar-refractivity contribution in [1.29, 1.82) is 0 Å². The average Bonchev–Trinajstić information content (AvgIpc) is 2.33. The Morgan fingerprint density at radius 2 is 2.17 bits per heavy atom. The number of anilines is 1. The van der Waals surface area contributed by atoms with E-state index in [0.29, 0.717) is 6.54 Å². The molecule has 1 aliphatic heterocycles. The van der Waals surface area contributed by atoms with Gasteiger partial charge in [0.05, 0.1) is 17.8 Å². The molecule has 2 N–H and O–H groups in total. The highest BCUT2D eigenvalue weighted by molar-refractivity contribution is 9.10. The molecule has 1 aromatic carbocycles. The zero-order chi connectivity index (χ0) is 13.3. The molecule has 1 heterocycles. The van der Waals surface area contributed by atoms with E-state index < -0.39 is 6.04 Å². The molecule has 1 fully saturated rings. The van der Waals surface area contributed by atoms with Gasteiger partial charge in [0, 0.05) is 11.0 Å². The highest BCUT2D eigenvalue weighted by Gasteiger charge is 2.41. The summed E-state index contributed by atoms with van der Waals surface area (Å²) < 4.78 is 0.922. The van der Waals surface area contributed by atoms with E-state index in [1.165, 1.54) is 0 Å². The smallest absolute Gasteiger partial charge is 0.245 e. The van der Waals surface area contributed by atoms with Crippen molar-refractivity contribution in [2.24, 2.45) is 0 Å². The second-order valence-electron chi connectivity index (χ2n) is 5.05. The van der Waals surface area contributed by atoms with Crippen molar-refractivity contribution in [2.75, 3.05) is 18.1 Å². The maximum atomic E-state index is 11.9. The predicted molar refractivity (Wildman–Crippen MR) is 74.6 cm³/mol. The van der Waals surface area contributed by atoms with Crippen LogP contribution in [-0.2, 0) is 4.79 Å². The maximum absolute atomic E-state index is 11.9. The van der Waals surface area contributed by atoms with Crippen molar-refractivity contribution in [1.82, 2.24) is 5.32 Å². The van der Waals surface area contributed by atoms with E-state index in [-0.39, 0.29) is 18.1 Å². The van der Waals surface area contributed by atoms with Gasteiger partial charge in [-0.2, -0.15) is 0 Å². The van der Waals surface area contributed by atoms with Gasteiger partial charge >= 0.3 is 0 Å². The van der Waals surface area contributed by atoms with Crippen LogP contribution in [0.25, 0.3) is 0 Å². The van der Waals surface area contributed by atoms with Crippen LogP contribution in [0.3, 0.4) is 0 Å². The molecule has 1 amide bonds. The Bertz CT molecular complexity index is 462. The Labute approximate surface area is 115 Å². The number of benzene rings is 1. The zero-order valence-electron chi connectivity index (χ0n) is 10.5. The summed E-state index contributed by atoms with van der Waals surface area (Å²) in [5, 5.41) is 12.3. The molecule has 98 valence electrons. The third-order valence-electron chi connectivity index (χ3n) is 3.25. The quantitative estimate of drug-likeness (QED) is 0.870. The van der Waals surface area contributed by atoms with Crippen LogP contribution in [0.2, 0.25) is 0 Å². The number of carbonyl (C=O) groups is 1. The lowest BCUT2D eigenvalue weighted by Crippen LogP contribution is -2.67. The van der Waals surface area contributed by atoms with Crippen LogP contribution in [0.5, 0.6) is 0 Å². The van der Waals surface area contributed by atoms with Gasteiger partial charge in [-0.15, -0.1) is 0 Å². The second kappa shape index (κ2) is 4.90. The summed E-state index contributed by atoms with van der Waals surface area (Å²) in [6.07, 6.45) is 0. The minimum absolute atomic E-state index is 0.132. The van der Waals surface area contributed by atoms with Crippen LogP contribution in [0.15, 0.2) is 28.7 Å². The van der Waals surface area contributed by atoms with E-state index in [2.05, 4.69) is 35.1 Å². The number of amides is 1. The van der Waals surface area contributed by atoms with Crippen molar-refractivity contribution < 1.29 is 9.90 Å². The van der Waals surface area contributed by atoms with Gasteiger partial charge in [0.1, 0.15) is 6.04 Å². The van der Waals surface area contributed by atoms with Gasteiger partial charge in [0.25, 0.3) is 0 Å². The number of nitrogens with one attached hydrogen (secondary N) is 1. The number of carbonyl (C=O) groups excluding carboxylic acids is 1. The number of piperazine rings is 1. The fourth-order valence-electron chi connectivity index (χ4n) is 2.35. The number of rotatable bonds is 2. The fourth-order valence-corrected chi connectivity index (χ4v) is 2.83. The summed E-state index contributed by atoms with van der Waals surface area (Å²) in [4.78, 5) is 13.9. The lowest BCUT2D eigenvalue weighted by molar-refractivity contribution is -0.125. The van der Waals surface area contributed by atoms with E-state index in [4.69, 9.17) is 0 Å². The molecule has 1 saturated heterocycles. The Balaban J connectivity index is 2.48. The molecule has 5 heteroatoms. The number of nitrogens with zero attached hydrogens (tertiary/aromatic N) is 1. The highest BCUT2D eigenvalue weighted by Crippen LogP contribution is 2.34. The third kappa shape index (κ3) is 2.24. The first-order valence-electron chi connectivity index (χ1n) is 5.90. The summed E-state index contributed by atoms with van der Waals surface area (Å²) in [5.74, 6) is -0.132. The second-order valence-corrected chi connectivity index (χ2v) is 5.90. The molecular weight excluding hydrogens is 296 g/mol. The summed E-state index contributed by atoms with van der Waals surface area (Å²) in [6, 6.07) is 7.20. The van der Waals surface area contributed by atoms with Gasteiger partial charge in [0.2, 0.25) is 5.91 Å². The number of aliphatic hydroxyl groups is 1. The average molecular weight is 313 g/mol. The molecule has 4 nitrogen and oxygen atoms in total. The van der Waals surface area contributed by atoms with Crippen molar-refractivity contribution in [3.63, 3.8) is 0 Å². The van der Waals surface area contributed by atoms with Crippen molar-refractivity contribution in [2.45, 2.75) is 25.4 Å². The zero-order valence-corrected chi connectivity index (χ0v) is 12.1. The standard InChI is InChI=1S/C13H17BrN2O2/c1-13(2)8-15-12(18)11(7-17)16(13)10-6-4-3-5-9(10)14/h3-6,11,17H,7-8H2,1-2H3,(H,15,18). The third-order valence-corrected chi connectivity index (χ3v) is 3.92. The van der Waals surface area contributed by atoms with E-state index in [0.717, 1.165) is 10.2 Å². The number of hydrogen-bond donors (Lipinski definition) is 2. The van der Waals surface area contributed by atoms with Gasteiger partial charge in [0.15, 0.2) is 0 Å². The minimum Gasteiger partial charge on any atom is -0.394 e. The van der Waals surface area contributed by atoms with Gasteiger partial charge in [-0.3, -0.25) is 4.79 Å². The molecule has 0 aromatic heterocycles. The van der Waals surface area contributed by atoms with Crippen molar-refractivity contribution >= 4 is 27.5 Å². The first-order chi connectivity index (χ1) is 8.47. The summed E-state index contributed by atoms with van der Waals surface area (Å²) in [6.45, 7) is 4.46. The van der Waals surface area contributed by atoms with Crippen LogP contribution < -0.4 is 10.2 Å². The van der Waals surface area contributed by atoms with E-state index in [9.17, 15) is 9.90 Å². The molecule has 0 spiro atoms. The summed E-state index contributed by atoms with van der Waals surface area (Å²) >= 11 is 3.51. The highest BCUT2D eigenvalue weighted by atomic mass is 79.9. The van der Waals surface area contributed by atoms with Crippen molar-refractivity contribution in [3.8, 4) is 0 Å². The minimum atomic E-state index is -0.549. The molecule has 1 aromatic rings. The lowest BCUT2D eigenvalue weighted by Gasteiger charge is -2.48. The number of halogens is 1. The van der Waals surface area contributed by atoms with E-state index in [1.54, 1.807) is 0 Å². The first kappa shape index (κ1) is 13.4. The topological polar surface area (TPSA) is 52.6 Å². The van der Waals surface area contributed by atoms with Crippen LogP contribution in [0.1, 0.15) is 13.8 Å². The fraction of sp³-hybridized carbons (Fsp3) is 0.462. The molecule has 1 unspecified atom stereocenters. The van der Waals surface area contributed by atoms with Gasteiger partial charge < -0.3 is 15.3 Å². The predicted octanol–water partition coefficient (Wildman–Crippen LogP) is 1.52. The van der Waals surface area contributed by atoms with E-state index in [1.807, 2.05) is 29.2 Å². The maximum Gasteiger partial charge on any atom is 0.245 e. The van der Waals surface area contributed by atoms with Gasteiger partial charge in [-0.05, 0) is 41.9 Å². The SMILES string of the molecule is CC1(C)CNC(=O)C(CO)N1c1ccccc1Br. The Kier molecular flexibility index (Phi) is 3.64. The molecular formula is C13H17BrN2O2. The molecule has 0 saturated carbocycles. The molecule has 0 radical (unpaired) electrons. The summed E-state index contributed by atoms with van der Waals surface area (Å²) in [5.41, 5.74) is 0.682.